The third-order valence-corrected chi connectivity index (χ3v) is 3.83. The highest BCUT2D eigenvalue weighted by Crippen LogP contribution is 2.15. The molecule has 1 aliphatic heterocycles. The van der Waals surface area contributed by atoms with Gasteiger partial charge >= 0.3 is 0 Å². The van der Waals surface area contributed by atoms with E-state index in [1.54, 1.807) is 0 Å². The van der Waals surface area contributed by atoms with E-state index in [1.807, 2.05) is 17.7 Å². The lowest BCUT2D eigenvalue weighted by Crippen LogP contribution is -2.51. The van der Waals surface area contributed by atoms with Crippen molar-refractivity contribution in [3.63, 3.8) is 0 Å². The van der Waals surface area contributed by atoms with Crippen LogP contribution in [0.2, 0.25) is 0 Å². The van der Waals surface area contributed by atoms with Crippen LogP contribution in [0, 0.1) is 6.92 Å². The standard InChI is InChI=1S/C15H23N5O3/c1-9-7-20-8-11(3-6-14(20)17-9)19-15(23)12(18-10(2)21)4-5-13(16)22/h7,11-12H,3-6,8H2,1-2H3,(H2,16,22)(H,18,21)(H,19,23)/t11-,12+/m0/s1. The number of aromatic nitrogens is 2. The SMILES string of the molecule is CC(=O)N[C@H](CCC(N)=O)C(=O)N[C@H]1CCc2nc(C)cn2C1. The molecule has 8 heteroatoms. The van der Waals surface area contributed by atoms with Gasteiger partial charge in [-0.25, -0.2) is 4.98 Å². The number of carbonyl (C=O) groups is 3. The quantitative estimate of drug-likeness (QED) is 0.647. The van der Waals surface area contributed by atoms with E-state index in [9.17, 15) is 14.4 Å². The largest absolute Gasteiger partial charge is 0.370 e. The summed E-state index contributed by atoms with van der Waals surface area (Å²) in [5.41, 5.74) is 6.08. The Bertz CT molecular complexity index is 610. The molecule has 4 N–H and O–H groups in total. The van der Waals surface area contributed by atoms with Crippen molar-refractivity contribution in [2.24, 2.45) is 5.73 Å². The van der Waals surface area contributed by atoms with Crippen molar-refractivity contribution in [2.75, 3.05) is 0 Å². The minimum Gasteiger partial charge on any atom is -0.370 e. The highest BCUT2D eigenvalue weighted by Gasteiger charge is 2.25. The van der Waals surface area contributed by atoms with Crippen LogP contribution in [0.3, 0.4) is 0 Å². The van der Waals surface area contributed by atoms with E-state index in [2.05, 4.69) is 15.6 Å². The third kappa shape index (κ3) is 4.80. The predicted molar refractivity (Wildman–Crippen MR) is 83.2 cm³/mol. The summed E-state index contributed by atoms with van der Waals surface area (Å²) in [5.74, 6) is -0.0676. The highest BCUT2D eigenvalue weighted by molar-refractivity contribution is 5.87. The number of carbonyl (C=O) groups excluding carboxylic acids is 3. The Kier molecular flexibility index (Phi) is 5.36. The fraction of sp³-hybridized carbons (Fsp3) is 0.600. The molecule has 0 radical (unpaired) electrons. The smallest absolute Gasteiger partial charge is 0.242 e. The number of fused-ring (bicyclic) bond motifs is 1. The van der Waals surface area contributed by atoms with Crippen molar-refractivity contribution in [1.82, 2.24) is 20.2 Å². The second-order valence-corrected chi connectivity index (χ2v) is 5.95. The molecule has 1 aromatic rings. The number of imidazole rings is 1. The summed E-state index contributed by atoms with van der Waals surface area (Å²) >= 11 is 0. The van der Waals surface area contributed by atoms with Gasteiger partial charge in [-0.1, -0.05) is 0 Å². The van der Waals surface area contributed by atoms with Crippen LogP contribution in [-0.4, -0.2) is 39.4 Å². The van der Waals surface area contributed by atoms with Crippen molar-refractivity contribution in [3.05, 3.63) is 17.7 Å². The first-order chi connectivity index (χ1) is 10.8. The summed E-state index contributed by atoms with van der Waals surface area (Å²) in [5, 5.41) is 5.51. The van der Waals surface area contributed by atoms with Gasteiger partial charge in [-0.2, -0.15) is 0 Å². The molecule has 3 amide bonds. The van der Waals surface area contributed by atoms with Crippen LogP contribution in [-0.2, 0) is 27.3 Å². The molecular formula is C15H23N5O3. The second-order valence-electron chi connectivity index (χ2n) is 5.95. The van der Waals surface area contributed by atoms with Crippen LogP contribution in [0.15, 0.2) is 6.20 Å². The average Bonchev–Trinajstić information content (AvgIpc) is 2.82. The fourth-order valence-electron chi connectivity index (χ4n) is 2.81. The van der Waals surface area contributed by atoms with Gasteiger partial charge in [0.05, 0.1) is 5.69 Å². The molecule has 2 atom stereocenters. The number of hydrogen-bond donors (Lipinski definition) is 3. The summed E-state index contributed by atoms with van der Waals surface area (Å²) < 4.78 is 2.04. The van der Waals surface area contributed by atoms with Crippen molar-refractivity contribution in [1.29, 1.82) is 0 Å². The molecule has 1 aliphatic rings. The number of primary amides is 1. The Hall–Kier alpha value is -2.38. The van der Waals surface area contributed by atoms with Gasteiger partial charge in [0, 0.05) is 38.5 Å². The van der Waals surface area contributed by atoms with Crippen LogP contribution >= 0.6 is 0 Å². The van der Waals surface area contributed by atoms with E-state index in [0.29, 0.717) is 6.54 Å². The fourth-order valence-corrected chi connectivity index (χ4v) is 2.81. The Morgan fingerprint density at radius 2 is 2.22 bits per heavy atom. The zero-order chi connectivity index (χ0) is 17.0. The topological polar surface area (TPSA) is 119 Å². The van der Waals surface area contributed by atoms with Crippen molar-refractivity contribution in [3.8, 4) is 0 Å². The van der Waals surface area contributed by atoms with Gasteiger partial charge in [-0.05, 0) is 19.8 Å². The molecule has 0 bridgehead atoms. The predicted octanol–water partition coefficient (Wildman–Crippen LogP) is -0.607. The molecule has 0 saturated heterocycles. The Balaban J connectivity index is 1.95. The van der Waals surface area contributed by atoms with E-state index in [1.165, 1.54) is 6.92 Å². The van der Waals surface area contributed by atoms with Crippen LogP contribution in [0.4, 0.5) is 0 Å². The van der Waals surface area contributed by atoms with E-state index >= 15 is 0 Å². The summed E-state index contributed by atoms with van der Waals surface area (Å²) in [6.07, 6.45) is 3.80. The minimum atomic E-state index is -0.745. The van der Waals surface area contributed by atoms with Gasteiger partial charge < -0.3 is 20.9 Å². The Morgan fingerprint density at radius 3 is 2.87 bits per heavy atom. The first kappa shape index (κ1) is 17.0. The van der Waals surface area contributed by atoms with Crippen molar-refractivity contribution in [2.45, 2.75) is 58.2 Å². The van der Waals surface area contributed by atoms with E-state index < -0.39 is 11.9 Å². The number of nitrogens with zero attached hydrogens (tertiary/aromatic N) is 2. The number of hydrogen-bond acceptors (Lipinski definition) is 4. The van der Waals surface area contributed by atoms with E-state index in [4.69, 9.17) is 5.73 Å². The molecule has 126 valence electrons. The second kappa shape index (κ2) is 7.26. The summed E-state index contributed by atoms with van der Waals surface area (Å²) in [6, 6.07) is -0.764. The van der Waals surface area contributed by atoms with E-state index in [0.717, 1.165) is 24.4 Å². The molecule has 8 nitrogen and oxygen atoms in total. The molecule has 0 aliphatic carbocycles. The molecule has 0 fully saturated rings. The lowest BCUT2D eigenvalue weighted by Gasteiger charge is -2.27. The molecule has 2 rings (SSSR count). The third-order valence-electron chi connectivity index (χ3n) is 3.83. The number of aryl methyl sites for hydroxylation is 2. The van der Waals surface area contributed by atoms with Gasteiger partial charge in [0.15, 0.2) is 0 Å². The molecule has 0 unspecified atom stereocenters. The average molecular weight is 321 g/mol. The summed E-state index contributed by atoms with van der Waals surface area (Å²) in [4.78, 5) is 39.0. The number of rotatable bonds is 6. The maximum Gasteiger partial charge on any atom is 0.242 e. The Morgan fingerprint density at radius 1 is 1.48 bits per heavy atom. The van der Waals surface area contributed by atoms with Crippen molar-refractivity contribution >= 4 is 17.7 Å². The van der Waals surface area contributed by atoms with E-state index in [-0.39, 0.29) is 30.7 Å². The highest BCUT2D eigenvalue weighted by atomic mass is 16.2. The molecule has 2 heterocycles. The Labute approximate surface area is 134 Å². The number of nitrogens with one attached hydrogen (secondary N) is 2. The van der Waals surface area contributed by atoms with Gasteiger partial charge in [0.25, 0.3) is 0 Å². The molecule has 0 aromatic carbocycles. The zero-order valence-corrected chi connectivity index (χ0v) is 13.5. The minimum absolute atomic E-state index is 0.0200. The lowest BCUT2D eigenvalue weighted by atomic mass is 10.1. The summed E-state index contributed by atoms with van der Waals surface area (Å²) in [7, 11) is 0. The van der Waals surface area contributed by atoms with Gasteiger partial charge in [-0.15, -0.1) is 0 Å². The first-order valence-corrected chi connectivity index (χ1v) is 7.73. The van der Waals surface area contributed by atoms with Crippen LogP contribution in [0.25, 0.3) is 0 Å². The number of amides is 3. The lowest BCUT2D eigenvalue weighted by molar-refractivity contribution is -0.129. The van der Waals surface area contributed by atoms with Crippen LogP contribution < -0.4 is 16.4 Å². The molecule has 0 saturated carbocycles. The molecule has 23 heavy (non-hydrogen) atoms. The first-order valence-electron chi connectivity index (χ1n) is 7.73. The molecule has 0 spiro atoms. The van der Waals surface area contributed by atoms with Gasteiger partial charge in [0.2, 0.25) is 17.7 Å². The monoisotopic (exact) mass is 321 g/mol. The maximum atomic E-state index is 12.4. The normalized spacial score (nSPS) is 17.9. The molecule has 1 aromatic heterocycles. The zero-order valence-electron chi connectivity index (χ0n) is 13.5. The summed E-state index contributed by atoms with van der Waals surface area (Å²) in [6.45, 7) is 3.94. The van der Waals surface area contributed by atoms with Crippen molar-refractivity contribution < 1.29 is 14.4 Å². The molecular weight excluding hydrogens is 298 g/mol. The maximum absolute atomic E-state index is 12.4. The van der Waals surface area contributed by atoms with Crippen LogP contribution in [0.5, 0.6) is 0 Å². The number of nitrogens with two attached hydrogens (primary N) is 1. The van der Waals surface area contributed by atoms with Gasteiger partial charge in [0.1, 0.15) is 11.9 Å². The van der Waals surface area contributed by atoms with Crippen LogP contribution in [0.1, 0.15) is 37.7 Å². The van der Waals surface area contributed by atoms with Gasteiger partial charge in [-0.3, -0.25) is 14.4 Å².